The lowest BCUT2D eigenvalue weighted by molar-refractivity contribution is 0.318. The zero-order chi connectivity index (χ0) is 21.2. The van der Waals surface area contributed by atoms with Crippen molar-refractivity contribution in [2.75, 3.05) is 5.32 Å². The first-order valence-corrected chi connectivity index (χ1v) is 9.70. The second kappa shape index (κ2) is 7.75. The largest absolute Gasteiger partial charge is 0.409 e. The number of rotatable bonds is 5. The Hall–Kier alpha value is -4.46. The lowest BCUT2D eigenvalue weighted by Gasteiger charge is -2.10. The second-order valence-corrected chi connectivity index (χ2v) is 7.13. The molecule has 8 nitrogen and oxygen atoms in total. The van der Waals surface area contributed by atoms with E-state index in [1.807, 2.05) is 53.3 Å². The van der Waals surface area contributed by atoms with Gasteiger partial charge in [0, 0.05) is 22.0 Å². The van der Waals surface area contributed by atoms with Crippen molar-refractivity contribution in [1.29, 1.82) is 0 Å². The van der Waals surface area contributed by atoms with Gasteiger partial charge in [0.2, 0.25) is 0 Å². The van der Waals surface area contributed by atoms with Crippen LogP contribution >= 0.6 is 0 Å². The smallest absolute Gasteiger partial charge is 0.170 e. The van der Waals surface area contributed by atoms with E-state index >= 15 is 0 Å². The SMILES string of the molecule is NC(=NO)c1ccc2ncnc(Nc3ccc4c(cnn4Cc4ccccc4)c3)c2c1. The van der Waals surface area contributed by atoms with Gasteiger partial charge in [-0.2, -0.15) is 5.10 Å². The first-order chi connectivity index (χ1) is 15.2. The Morgan fingerprint density at radius 2 is 1.90 bits per heavy atom. The van der Waals surface area contributed by atoms with Crippen LogP contribution in [-0.4, -0.2) is 30.8 Å². The van der Waals surface area contributed by atoms with Gasteiger partial charge in [-0.05, 0) is 42.0 Å². The van der Waals surface area contributed by atoms with Gasteiger partial charge in [-0.3, -0.25) is 4.68 Å². The molecular formula is C23H19N7O. The molecule has 5 rings (SSSR count). The second-order valence-electron chi connectivity index (χ2n) is 7.13. The standard InChI is InChI=1S/C23H19N7O/c24-22(29-31)16-6-8-20-19(11-16)23(26-14-25-20)28-18-7-9-21-17(10-18)12-27-30(21)13-15-4-2-1-3-5-15/h1-12,14,31H,13H2,(H2,24,29)(H,25,26,28). The van der Waals surface area contributed by atoms with E-state index in [4.69, 9.17) is 10.9 Å². The average Bonchev–Trinajstić information content (AvgIpc) is 3.21. The van der Waals surface area contributed by atoms with Crippen molar-refractivity contribution in [3.8, 4) is 0 Å². The maximum Gasteiger partial charge on any atom is 0.170 e. The molecule has 0 unspecified atom stereocenters. The van der Waals surface area contributed by atoms with Crippen LogP contribution in [0.25, 0.3) is 21.8 Å². The Morgan fingerprint density at radius 3 is 2.74 bits per heavy atom. The fourth-order valence-electron chi connectivity index (χ4n) is 3.56. The minimum Gasteiger partial charge on any atom is -0.409 e. The van der Waals surface area contributed by atoms with Crippen LogP contribution in [0.1, 0.15) is 11.1 Å². The number of hydrogen-bond acceptors (Lipinski definition) is 6. The van der Waals surface area contributed by atoms with E-state index in [-0.39, 0.29) is 5.84 Å². The molecule has 2 heterocycles. The van der Waals surface area contributed by atoms with E-state index < -0.39 is 0 Å². The number of nitrogens with one attached hydrogen (secondary N) is 1. The molecule has 3 aromatic carbocycles. The summed E-state index contributed by atoms with van der Waals surface area (Å²) in [7, 11) is 0. The van der Waals surface area contributed by atoms with Gasteiger partial charge in [0.15, 0.2) is 5.84 Å². The Kier molecular flexibility index (Phi) is 4.64. The van der Waals surface area contributed by atoms with Crippen LogP contribution in [0.4, 0.5) is 11.5 Å². The molecule has 0 spiro atoms. The van der Waals surface area contributed by atoms with Crippen LogP contribution in [0.2, 0.25) is 0 Å². The van der Waals surface area contributed by atoms with Crippen molar-refractivity contribution in [3.63, 3.8) is 0 Å². The van der Waals surface area contributed by atoms with E-state index in [9.17, 15) is 0 Å². The summed E-state index contributed by atoms with van der Waals surface area (Å²) in [6.45, 7) is 0.713. The van der Waals surface area contributed by atoms with Crippen LogP contribution in [0, 0.1) is 0 Å². The molecule has 31 heavy (non-hydrogen) atoms. The average molecular weight is 409 g/mol. The van der Waals surface area contributed by atoms with Gasteiger partial charge < -0.3 is 16.3 Å². The molecule has 4 N–H and O–H groups in total. The molecule has 0 saturated heterocycles. The van der Waals surface area contributed by atoms with E-state index in [0.29, 0.717) is 17.9 Å². The highest BCUT2D eigenvalue weighted by Gasteiger charge is 2.09. The molecule has 2 aromatic heterocycles. The molecule has 0 aliphatic heterocycles. The first-order valence-electron chi connectivity index (χ1n) is 9.70. The number of benzene rings is 3. The molecule has 0 bridgehead atoms. The zero-order valence-electron chi connectivity index (χ0n) is 16.5. The lowest BCUT2D eigenvalue weighted by Crippen LogP contribution is -2.13. The minimum atomic E-state index is 0.0314. The van der Waals surface area contributed by atoms with E-state index in [1.165, 1.54) is 11.9 Å². The number of nitrogens with zero attached hydrogens (tertiary/aromatic N) is 5. The number of amidine groups is 1. The number of hydrogen-bond donors (Lipinski definition) is 3. The molecule has 0 aliphatic carbocycles. The van der Waals surface area contributed by atoms with Gasteiger partial charge in [0.1, 0.15) is 12.1 Å². The number of aromatic nitrogens is 4. The summed E-state index contributed by atoms with van der Waals surface area (Å²) in [6, 6.07) is 21.7. The van der Waals surface area contributed by atoms with E-state index in [1.54, 1.807) is 12.1 Å². The van der Waals surface area contributed by atoms with E-state index in [2.05, 4.69) is 37.7 Å². The van der Waals surface area contributed by atoms with Crippen molar-refractivity contribution in [2.45, 2.75) is 6.54 Å². The van der Waals surface area contributed by atoms with Crippen molar-refractivity contribution in [1.82, 2.24) is 19.7 Å². The molecule has 0 radical (unpaired) electrons. The Balaban J connectivity index is 1.47. The molecule has 0 saturated carbocycles. The summed E-state index contributed by atoms with van der Waals surface area (Å²) < 4.78 is 1.98. The van der Waals surface area contributed by atoms with Crippen molar-refractivity contribution < 1.29 is 5.21 Å². The summed E-state index contributed by atoms with van der Waals surface area (Å²) in [5, 5.41) is 21.7. The van der Waals surface area contributed by atoms with Gasteiger partial charge in [0.25, 0.3) is 0 Å². The highest BCUT2D eigenvalue weighted by Crippen LogP contribution is 2.26. The summed E-state index contributed by atoms with van der Waals surface area (Å²) in [4.78, 5) is 8.68. The third kappa shape index (κ3) is 3.62. The van der Waals surface area contributed by atoms with Gasteiger partial charge in [0.05, 0.1) is 23.8 Å². The van der Waals surface area contributed by atoms with Gasteiger partial charge in [-0.15, -0.1) is 0 Å². The molecule has 0 fully saturated rings. The molecule has 8 heteroatoms. The third-order valence-corrected chi connectivity index (χ3v) is 5.12. The highest BCUT2D eigenvalue weighted by molar-refractivity contribution is 6.02. The van der Waals surface area contributed by atoms with Gasteiger partial charge >= 0.3 is 0 Å². The third-order valence-electron chi connectivity index (χ3n) is 5.12. The van der Waals surface area contributed by atoms with Crippen LogP contribution in [-0.2, 0) is 6.54 Å². The van der Waals surface area contributed by atoms with Crippen LogP contribution in [0.15, 0.2) is 84.4 Å². The molecule has 0 amide bonds. The maximum absolute atomic E-state index is 8.97. The quantitative estimate of drug-likeness (QED) is 0.176. The first kappa shape index (κ1) is 18.6. The van der Waals surface area contributed by atoms with Crippen LogP contribution in [0.5, 0.6) is 0 Å². The molecule has 0 aliphatic rings. The molecular weight excluding hydrogens is 390 g/mol. The summed E-state index contributed by atoms with van der Waals surface area (Å²) in [6.07, 6.45) is 3.36. The maximum atomic E-state index is 8.97. The highest BCUT2D eigenvalue weighted by atomic mass is 16.4. The van der Waals surface area contributed by atoms with E-state index in [0.717, 1.165) is 27.5 Å². The number of fused-ring (bicyclic) bond motifs is 2. The molecule has 0 atom stereocenters. The molecule has 152 valence electrons. The minimum absolute atomic E-state index is 0.0314. The fraction of sp³-hybridized carbons (Fsp3) is 0.0435. The number of nitrogens with two attached hydrogens (primary N) is 1. The van der Waals surface area contributed by atoms with Crippen molar-refractivity contribution >= 4 is 39.1 Å². The van der Waals surface area contributed by atoms with Crippen LogP contribution in [0.3, 0.4) is 0 Å². The summed E-state index contributed by atoms with van der Waals surface area (Å²) in [5.41, 5.74) is 10.2. The van der Waals surface area contributed by atoms with Crippen molar-refractivity contribution in [2.24, 2.45) is 10.9 Å². The van der Waals surface area contributed by atoms with Crippen LogP contribution < -0.4 is 11.1 Å². The Bertz CT molecular complexity index is 1410. The van der Waals surface area contributed by atoms with Gasteiger partial charge in [-0.25, -0.2) is 9.97 Å². The molecule has 5 aromatic rings. The lowest BCUT2D eigenvalue weighted by atomic mass is 10.1. The number of anilines is 2. The normalized spacial score (nSPS) is 11.8. The van der Waals surface area contributed by atoms with Crippen molar-refractivity contribution in [3.05, 3.63) is 90.4 Å². The zero-order valence-corrected chi connectivity index (χ0v) is 16.5. The monoisotopic (exact) mass is 409 g/mol. The topological polar surface area (TPSA) is 114 Å². The predicted octanol–water partition coefficient (Wildman–Crippen LogP) is 3.87. The Labute approximate surface area is 177 Å². The Morgan fingerprint density at radius 1 is 1.03 bits per heavy atom. The fourth-order valence-corrected chi connectivity index (χ4v) is 3.56. The summed E-state index contributed by atoms with van der Waals surface area (Å²) >= 11 is 0. The summed E-state index contributed by atoms with van der Waals surface area (Å²) in [5.74, 6) is 0.664. The number of oxime groups is 1. The predicted molar refractivity (Wildman–Crippen MR) is 121 cm³/mol. The van der Waals surface area contributed by atoms with Gasteiger partial charge in [-0.1, -0.05) is 35.5 Å².